The Labute approximate surface area is 89.0 Å². The van der Waals surface area contributed by atoms with Crippen molar-refractivity contribution in [2.45, 2.75) is 46.8 Å². The van der Waals surface area contributed by atoms with E-state index in [1.807, 2.05) is 0 Å². The van der Waals surface area contributed by atoms with E-state index in [9.17, 15) is 0 Å². The highest BCUT2D eigenvalue weighted by molar-refractivity contribution is 6.70. The van der Waals surface area contributed by atoms with Gasteiger partial charge in [0, 0.05) is 0 Å². The van der Waals surface area contributed by atoms with Crippen LogP contribution in [0.5, 0.6) is 0 Å². The molecular formula is C12H22OSi. The van der Waals surface area contributed by atoms with Crippen molar-refractivity contribution >= 4 is 8.32 Å². The Morgan fingerprint density at radius 3 is 2.14 bits per heavy atom. The lowest BCUT2D eigenvalue weighted by Gasteiger charge is -2.21. The van der Waals surface area contributed by atoms with Gasteiger partial charge in [0.1, 0.15) is 0 Å². The second kappa shape index (κ2) is 3.57. The van der Waals surface area contributed by atoms with E-state index in [4.69, 9.17) is 4.43 Å². The molecule has 0 aromatic rings. The molecule has 0 amide bonds. The second-order valence-electron chi connectivity index (χ2n) is 5.94. The Hall–Kier alpha value is -0.503. The van der Waals surface area contributed by atoms with Crippen LogP contribution in [0.1, 0.15) is 27.2 Å². The zero-order chi connectivity index (χ0) is 11.0. The third kappa shape index (κ3) is 3.33. The van der Waals surface area contributed by atoms with Crippen molar-refractivity contribution < 1.29 is 4.43 Å². The smallest absolute Gasteiger partial charge is 0.242 e. The van der Waals surface area contributed by atoms with Crippen LogP contribution in [-0.2, 0) is 4.43 Å². The van der Waals surface area contributed by atoms with Crippen LogP contribution in [0.15, 0.2) is 23.5 Å². The van der Waals surface area contributed by atoms with Crippen molar-refractivity contribution in [3.05, 3.63) is 23.5 Å². The fourth-order valence-electron chi connectivity index (χ4n) is 1.45. The topological polar surface area (TPSA) is 9.23 Å². The predicted octanol–water partition coefficient (Wildman–Crippen LogP) is 4.10. The van der Waals surface area contributed by atoms with Crippen LogP contribution in [0.4, 0.5) is 0 Å². The Balaban J connectivity index is 2.66. The van der Waals surface area contributed by atoms with Gasteiger partial charge in [0.2, 0.25) is 8.32 Å². The molecule has 80 valence electrons. The maximum Gasteiger partial charge on any atom is 0.242 e. The van der Waals surface area contributed by atoms with Crippen molar-refractivity contribution in [1.29, 1.82) is 0 Å². The van der Waals surface area contributed by atoms with Gasteiger partial charge in [-0.3, -0.25) is 0 Å². The summed E-state index contributed by atoms with van der Waals surface area (Å²) in [5.41, 5.74) is 1.76. The van der Waals surface area contributed by atoms with Gasteiger partial charge in [0.05, 0.1) is 5.76 Å². The quantitative estimate of drug-likeness (QED) is 0.624. The second-order valence-corrected chi connectivity index (χ2v) is 10.4. The van der Waals surface area contributed by atoms with Gasteiger partial charge in [0.15, 0.2) is 0 Å². The first-order valence-electron chi connectivity index (χ1n) is 5.29. The molecule has 1 nitrogen and oxygen atoms in total. The molecule has 2 heteroatoms. The molecule has 0 spiro atoms. The molecule has 0 aromatic heterocycles. The van der Waals surface area contributed by atoms with Crippen LogP contribution in [0, 0.1) is 5.41 Å². The van der Waals surface area contributed by atoms with E-state index in [1.165, 1.54) is 5.57 Å². The normalized spacial score (nSPS) is 17.9. The summed E-state index contributed by atoms with van der Waals surface area (Å²) in [5.74, 6) is 1.09. The molecule has 0 heterocycles. The van der Waals surface area contributed by atoms with Crippen LogP contribution in [-0.4, -0.2) is 8.32 Å². The third-order valence-corrected chi connectivity index (χ3v) is 3.08. The predicted molar refractivity (Wildman–Crippen MR) is 64.7 cm³/mol. The molecular weight excluding hydrogens is 188 g/mol. The minimum absolute atomic E-state index is 0.279. The minimum Gasteiger partial charge on any atom is -0.545 e. The van der Waals surface area contributed by atoms with E-state index in [0.29, 0.717) is 0 Å². The molecule has 0 saturated carbocycles. The highest BCUT2D eigenvalue weighted by Gasteiger charge is 2.23. The standard InChI is InChI=1S/C12H22OSi/c1-12(2,3)10-7-8-11(9-10)13-14(4,5)6/h8-9H,7H2,1-6H3. The van der Waals surface area contributed by atoms with E-state index < -0.39 is 8.32 Å². The Morgan fingerprint density at radius 1 is 1.21 bits per heavy atom. The Kier molecular flexibility index (Phi) is 2.95. The van der Waals surface area contributed by atoms with Crippen molar-refractivity contribution in [2.24, 2.45) is 5.41 Å². The van der Waals surface area contributed by atoms with Crippen LogP contribution in [0.2, 0.25) is 19.6 Å². The zero-order valence-electron chi connectivity index (χ0n) is 10.3. The molecule has 1 aliphatic rings. The van der Waals surface area contributed by atoms with E-state index in [0.717, 1.165) is 12.2 Å². The molecule has 0 bridgehead atoms. The first kappa shape index (κ1) is 11.6. The summed E-state index contributed by atoms with van der Waals surface area (Å²) in [6.45, 7) is 13.4. The van der Waals surface area contributed by atoms with Gasteiger partial charge >= 0.3 is 0 Å². The molecule has 0 N–H and O–H groups in total. The first-order valence-corrected chi connectivity index (χ1v) is 8.69. The fourth-order valence-corrected chi connectivity index (χ4v) is 2.30. The number of hydrogen-bond acceptors (Lipinski definition) is 1. The van der Waals surface area contributed by atoms with E-state index >= 15 is 0 Å². The van der Waals surface area contributed by atoms with Crippen molar-refractivity contribution in [1.82, 2.24) is 0 Å². The van der Waals surface area contributed by atoms with Gasteiger partial charge < -0.3 is 4.43 Å². The summed E-state index contributed by atoms with van der Waals surface area (Å²) in [5, 5.41) is 0. The molecule has 0 unspecified atom stereocenters. The number of allylic oxidation sites excluding steroid dienone is 3. The summed E-state index contributed by atoms with van der Waals surface area (Å²) >= 11 is 0. The lowest BCUT2D eigenvalue weighted by Crippen LogP contribution is -2.24. The summed E-state index contributed by atoms with van der Waals surface area (Å²) in [7, 11) is -1.42. The van der Waals surface area contributed by atoms with Gasteiger partial charge in [-0.25, -0.2) is 0 Å². The lowest BCUT2D eigenvalue weighted by molar-refractivity contribution is 0.440. The molecule has 0 radical (unpaired) electrons. The largest absolute Gasteiger partial charge is 0.545 e. The maximum absolute atomic E-state index is 5.95. The first-order chi connectivity index (χ1) is 6.18. The van der Waals surface area contributed by atoms with E-state index in [-0.39, 0.29) is 5.41 Å². The fraction of sp³-hybridized carbons (Fsp3) is 0.667. The van der Waals surface area contributed by atoms with Gasteiger partial charge in [-0.05, 0) is 43.6 Å². The van der Waals surface area contributed by atoms with Crippen molar-refractivity contribution in [3.63, 3.8) is 0 Å². The third-order valence-electron chi connectivity index (χ3n) is 2.23. The molecule has 1 aliphatic carbocycles. The number of rotatable bonds is 2. The minimum atomic E-state index is -1.42. The van der Waals surface area contributed by atoms with Gasteiger partial charge in [0.25, 0.3) is 0 Å². The Morgan fingerprint density at radius 2 is 1.79 bits per heavy atom. The summed E-state index contributed by atoms with van der Waals surface area (Å²) in [6, 6.07) is 0. The van der Waals surface area contributed by atoms with Crippen LogP contribution >= 0.6 is 0 Å². The molecule has 0 aromatic carbocycles. The summed E-state index contributed by atoms with van der Waals surface area (Å²) in [6.07, 6.45) is 5.49. The van der Waals surface area contributed by atoms with E-state index in [1.54, 1.807) is 0 Å². The summed E-state index contributed by atoms with van der Waals surface area (Å²) in [4.78, 5) is 0. The molecule has 0 saturated heterocycles. The maximum atomic E-state index is 5.95. The van der Waals surface area contributed by atoms with Gasteiger partial charge in [-0.2, -0.15) is 0 Å². The zero-order valence-corrected chi connectivity index (χ0v) is 11.3. The van der Waals surface area contributed by atoms with E-state index in [2.05, 4.69) is 52.6 Å². The van der Waals surface area contributed by atoms with Gasteiger partial charge in [-0.15, -0.1) is 0 Å². The van der Waals surface area contributed by atoms with Crippen molar-refractivity contribution in [3.8, 4) is 0 Å². The number of hydrogen-bond donors (Lipinski definition) is 0. The highest BCUT2D eigenvalue weighted by atomic mass is 28.4. The molecule has 1 rings (SSSR count). The highest BCUT2D eigenvalue weighted by Crippen LogP contribution is 2.34. The molecule has 0 fully saturated rings. The molecule has 14 heavy (non-hydrogen) atoms. The average molecular weight is 210 g/mol. The average Bonchev–Trinajstić information content (AvgIpc) is 2.29. The molecule has 0 aliphatic heterocycles. The lowest BCUT2D eigenvalue weighted by atomic mass is 9.86. The van der Waals surface area contributed by atoms with Crippen LogP contribution < -0.4 is 0 Å². The summed E-state index contributed by atoms with van der Waals surface area (Å²) < 4.78 is 5.95. The molecule has 0 atom stereocenters. The van der Waals surface area contributed by atoms with Crippen molar-refractivity contribution in [2.75, 3.05) is 0 Å². The van der Waals surface area contributed by atoms with Crippen LogP contribution in [0.3, 0.4) is 0 Å². The van der Waals surface area contributed by atoms with Crippen LogP contribution in [0.25, 0.3) is 0 Å². The Bertz CT molecular complexity index is 274. The SMILES string of the molecule is CC(C)(C)C1=CC(O[Si](C)(C)C)=CC1. The van der Waals surface area contributed by atoms with Gasteiger partial charge in [-0.1, -0.05) is 26.3 Å². The monoisotopic (exact) mass is 210 g/mol.